The Kier molecular flexibility index (Phi) is 9.07. The van der Waals surface area contributed by atoms with Gasteiger partial charge >= 0.3 is 5.97 Å². The standard InChI is InChI=1S/C20H32N2O8/c1-6-27-17(28-7-2)11-29-16-9-15(30-21-16)18(12(3)4)19(24)22-10-13(23)8-14(22)20(25)26-5/h9,12-14,17-18,23H,6-8,10-11H2,1-5H3/t13-,14+,18+/m1/s1. The average molecular weight is 428 g/mol. The molecule has 1 N–H and O–H groups in total. The van der Waals surface area contributed by atoms with E-state index in [1.807, 2.05) is 27.7 Å². The van der Waals surface area contributed by atoms with Crippen LogP contribution in [0.4, 0.5) is 0 Å². The van der Waals surface area contributed by atoms with Gasteiger partial charge < -0.3 is 33.5 Å². The minimum absolute atomic E-state index is 0.0592. The maximum atomic E-state index is 13.2. The van der Waals surface area contributed by atoms with E-state index >= 15 is 0 Å². The van der Waals surface area contributed by atoms with Crippen LogP contribution in [0.25, 0.3) is 0 Å². The summed E-state index contributed by atoms with van der Waals surface area (Å²) in [6, 6.07) is 0.729. The van der Waals surface area contributed by atoms with Gasteiger partial charge in [-0.25, -0.2) is 4.79 Å². The summed E-state index contributed by atoms with van der Waals surface area (Å²) in [6.45, 7) is 8.58. The van der Waals surface area contributed by atoms with Gasteiger partial charge in [0, 0.05) is 32.2 Å². The lowest BCUT2D eigenvalue weighted by Gasteiger charge is -2.27. The Morgan fingerprint density at radius 3 is 2.53 bits per heavy atom. The molecule has 0 spiro atoms. The maximum Gasteiger partial charge on any atom is 0.328 e. The number of nitrogens with zero attached hydrogens (tertiary/aromatic N) is 2. The molecule has 3 atom stereocenters. The van der Waals surface area contributed by atoms with Crippen molar-refractivity contribution in [1.82, 2.24) is 10.1 Å². The van der Waals surface area contributed by atoms with E-state index in [4.69, 9.17) is 23.5 Å². The summed E-state index contributed by atoms with van der Waals surface area (Å²) in [5, 5.41) is 13.9. The van der Waals surface area contributed by atoms with Gasteiger partial charge in [-0.15, -0.1) is 0 Å². The largest absolute Gasteiger partial charge is 0.470 e. The summed E-state index contributed by atoms with van der Waals surface area (Å²) >= 11 is 0. The normalized spacial score (nSPS) is 20.1. The van der Waals surface area contributed by atoms with Crippen molar-refractivity contribution in [3.63, 3.8) is 0 Å². The third-order valence-electron chi connectivity index (χ3n) is 4.85. The first-order valence-corrected chi connectivity index (χ1v) is 10.2. The van der Waals surface area contributed by atoms with Crippen molar-refractivity contribution in [2.45, 2.75) is 58.5 Å². The van der Waals surface area contributed by atoms with E-state index in [0.29, 0.717) is 19.0 Å². The fraction of sp³-hybridized carbons (Fsp3) is 0.750. The molecule has 1 aliphatic rings. The highest BCUT2D eigenvalue weighted by Crippen LogP contribution is 2.32. The molecule has 10 heteroatoms. The predicted octanol–water partition coefficient (Wildman–Crippen LogP) is 1.33. The molecule has 1 saturated heterocycles. The van der Waals surface area contributed by atoms with E-state index in [-0.39, 0.29) is 37.3 Å². The molecule has 1 fully saturated rings. The smallest absolute Gasteiger partial charge is 0.328 e. The van der Waals surface area contributed by atoms with E-state index in [9.17, 15) is 14.7 Å². The van der Waals surface area contributed by atoms with Gasteiger partial charge in [0.25, 0.3) is 5.88 Å². The fourth-order valence-electron chi connectivity index (χ4n) is 3.49. The monoisotopic (exact) mass is 428 g/mol. The molecule has 1 aromatic heterocycles. The molecular weight excluding hydrogens is 396 g/mol. The molecule has 1 amide bonds. The number of likely N-dealkylation sites (tertiary alicyclic amines) is 1. The second-order valence-electron chi connectivity index (χ2n) is 7.36. The molecule has 170 valence electrons. The maximum absolute atomic E-state index is 13.2. The van der Waals surface area contributed by atoms with E-state index in [1.165, 1.54) is 12.0 Å². The highest BCUT2D eigenvalue weighted by molar-refractivity contribution is 5.89. The van der Waals surface area contributed by atoms with Crippen LogP contribution in [0.2, 0.25) is 0 Å². The van der Waals surface area contributed by atoms with Crippen molar-refractivity contribution in [1.29, 1.82) is 0 Å². The molecule has 0 saturated carbocycles. The van der Waals surface area contributed by atoms with Gasteiger partial charge in [-0.1, -0.05) is 13.8 Å². The Bertz CT molecular complexity index is 686. The Morgan fingerprint density at radius 1 is 1.30 bits per heavy atom. The number of carbonyl (C=O) groups is 2. The van der Waals surface area contributed by atoms with Crippen LogP contribution < -0.4 is 4.74 Å². The molecule has 0 aliphatic carbocycles. The molecular formula is C20H32N2O8. The van der Waals surface area contributed by atoms with Crippen molar-refractivity contribution in [2.24, 2.45) is 5.92 Å². The van der Waals surface area contributed by atoms with Gasteiger partial charge in [0.15, 0.2) is 12.1 Å². The lowest BCUT2D eigenvalue weighted by atomic mass is 9.91. The van der Waals surface area contributed by atoms with Crippen molar-refractivity contribution >= 4 is 11.9 Å². The summed E-state index contributed by atoms with van der Waals surface area (Å²) in [7, 11) is 1.26. The first kappa shape index (κ1) is 24.1. The number of aliphatic hydroxyl groups excluding tert-OH is 1. The zero-order chi connectivity index (χ0) is 22.3. The van der Waals surface area contributed by atoms with Crippen LogP contribution in [0.15, 0.2) is 10.6 Å². The van der Waals surface area contributed by atoms with Crippen LogP contribution in [0.5, 0.6) is 5.88 Å². The second-order valence-corrected chi connectivity index (χ2v) is 7.36. The average Bonchev–Trinajstić information content (AvgIpc) is 3.32. The van der Waals surface area contributed by atoms with Gasteiger partial charge in [-0.2, -0.15) is 0 Å². The number of amides is 1. The lowest BCUT2D eigenvalue weighted by molar-refractivity contribution is -0.153. The first-order chi connectivity index (χ1) is 14.3. The number of aromatic nitrogens is 1. The highest BCUT2D eigenvalue weighted by atomic mass is 16.7. The van der Waals surface area contributed by atoms with Crippen LogP contribution >= 0.6 is 0 Å². The number of hydrogen-bond donors (Lipinski definition) is 1. The second kappa shape index (κ2) is 11.3. The summed E-state index contributed by atoms with van der Waals surface area (Å²) in [6.07, 6.45) is -1.17. The molecule has 0 bridgehead atoms. The number of methoxy groups -OCH3 is 1. The van der Waals surface area contributed by atoms with E-state index in [0.717, 1.165) is 0 Å². The number of β-amino-alcohol motifs (C(OH)–C–C–N with tert-alkyl or cyclic N) is 1. The minimum Gasteiger partial charge on any atom is -0.470 e. The minimum atomic E-state index is -0.824. The number of aliphatic hydroxyl groups is 1. The molecule has 2 rings (SSSR count). The van der Waals surface area contributed by atoms with Crippen molar-refractivity contribution in [3.05, 3.63) is 11.8 Å². The van der Waals surface area contributed by atoms with Crippen LogP contribution in [0, 0.1) is 5.92 Å². The Labute approximate surface area is 176 Å². The van der Waals surface area contributed by atoms with Gasteiger partial charge in [-0.05, 0) is 24.9 Å². The molecule has 0 aromatic carbocycles. The highest BCUT2D eigenvalue weighted by Gasteiger charge is 2.43. The van der Waals surface area contributed by atoms with Crippen molar-refractivity contribution < 1.29 is 38.2 Å². The predicted molar refractivity (Wildman–Crippen MR) is 105 cm³/mol. The molecule has 1 aliphatic heterocycles. The summed E-state index contributed by atoms with van der Waals surface area (Å²) in [5.41, 5.74) is 0. The van der Waals surface area contributed by atoms with Crippen molar-refractivity contribution in [2.75, 3.05) is 33.5 Å². The number of esters is 1. The molecule has 10 nitrogen and oxygen atoms in total. The first-order valence-electron chi connectivity index (χ1n) is 10.2. The summed E-state index contributed by atoms with van der Waals surface area (Å²) in [4.78, 5) is 26.7. The third-order valence-corrected chi connectivity index (χ3v) is 4.85. The number of hydrogen-bond acceptors (Lipinski definition) is 9. The zero-order valence-corrected chi connectivity index (χ0v) is 18.2. The quantitative estimate of drug-likeness (QED) is 0.411. The summed E-state index contributed by atoms with van der Waals surface area (Å²) in [5.74, 6) is -1.20. The van der Waals surface area contributed by atoms with Crippen LogP contribution in [0.3, 0.4) is 0 Å². The van der Waals surface area contributed by atoms with Crippen molar-refractivity contribution in [3.8, 4) is 5.88 Å². The van der Waals surface area contributed by atoms with Gasteiger partial charge in [0.2, 0.25) is 5.91 Å². The molecule has 0 unspecified atom stereocenters. The van der Waals surface area contributed by atoms with E-state index < -0.39 is 30.3 Å². The van der Waals surface area contributed by atoms with E-state index in [1.54, 1.807) is 6.07 Å². The van der Waals surface area contributed by atoms with Crippen LogP contribution in [-0.2, 0) is 23.8 Å². The van der Waals surface area contributed by atoms with E-state index in [2.05, 4.69) is 5.16 Å². The molecule has 1 aromatic rings. The van der Waals surface area contributed by atoms with Gasteiger partial charge in [-0.3, -0.25) is 4.79 Å². The SMILES string of the molecule is CCOC(COc1cc([C@@H](C(=O)N2C[C@H](O)C[C@H]2C(=O)OC)C(C)C)on1)OCC. The van der Waals surface area contributed by atoms with Gasteiger partial charge in [0.05, 0.1) is 13.2 Å². The Morgan fingerprint density at radius 2 is 1.97 bits per heavy atom. The number of rotatable bonds is 11. The zero-order valence-electron chi connectivity index (χ0n) is 18.2. The Balaban J connectivity index is 2.13. The fourth-order valence-corrected chi connectivity index (χ4v) is 3.49. The molecule has 2 heterocycles. The third kappa shape index (κ3) is 5.93. The van der Waals surface area contributed by atoms with Gasteiger partial charge in [0.1, 0.15) is 18.6 Å². The van der Waals surface area contributed by atoms with Crippen LogP contribution in [-0.4, -0.2) is 79.0 Å². The number of carbonyl (C=O) groups excluding carboxylic acids is 2. The van der Waals surface area contributed by atoms with Crippen LogP contribution in [0.1, 0.15) is 45.8 Å². The number of ether oxygens (including phenoxy) is 4. The molecule has 0 radical (unpaired) electrons. The molecule has 30 heavy (non-hydrogen) atoms. The lowest BCUT2D eigenvalue weighted by Crippen LogP contribution is -2.44. The summed E-state index contributed by atoms with van der Waals surface area (Å²) < 4.78 is 26.6. The topological polar surface area (TPSA) is 121 Å². The Hall–Kier alpha value is -2.17.